The van der Waals surface area contributed by atoms with E-state index < -0.39 is 11.6 Å². The summed E-state index contributed by atoms with van der Waals surface area (Å²) in [4.78, 5) is 0. The molecule has 0 aliphatic carbocycles. The summed E-state index contributed by atoms with van der Waals surface area (Å²) in [5, 5.41) is 3.10. The Hall–Kier alpha value is -1.81. The molecule has 1 atom stereocenters. The fraction of sp³-hybridized carbons (Fsp3) is 0.250. The SMILES string of the molecule is CCC(NCc1ccc(F)cc1F)c1ccccc1F. The van der Waals surface area contributed by atoms with Crippen molar-refractivity contribution in [1.29, 1.82) is 0 Å². The first-order chi connectivity index (χ1) is 9.61. The van der Waals surface area contributed by atoms with Gasteiger partial charge in [0.15, 0.2) is 0 Å². The lowest BCUT2D eigenvalue weighted by molar-refractivity contribution is 0.477. The number of rotatable bonds is 5. The van der Waals surface area contributed by atoms with Crippen molar-refractivity contribution >= 4 is 0 Å². The van der Waals surface area contributed by atoms with Gasteiger partial charge in [-0.1, -0.05) is 31.2 Å². The highest BCUT2D eigenvalue weighted by Gasteiger charge is 2.13. The number of nitrogens with one attached hydrogen (secondary N) is 1. The van der Waals surface area contributed by atoms with Gasteiger partial charge in [-0.05, 0) is 18.6 Å². The van der Waals surface area contributed by atoms with Crippen molar-refractivity contribution in [2.45, 2.75) is 25.9 Å². The highest BCUT2D eigenvalue weighted by atomic mass is 19.1. The molecule has 106 valence electrons. The Bertz CT molecular complexity index is 584. The fourth-order valence-electron chi connectivity index (χ4n) is 2.13. The molecule has 0 bridgehead atoms. The van der Waals surface area contributed by atoms with E-state index in [0.717, 1.165) is 6.07 Å². The van der Waals surface area contributed by atoms with E-state index in [1.807, 2.05) is 6.92 Å². The molecular weight excluding hydrogens is 263 g/mol. The summed E-state index contributed by atoms with van der Waals surface area (Å²) >= 11 is 0. The van der Waals surface area contributed by atoms with Crippen LogP contribution < -0.4 is 5.32 Å². The molecule has 2 rings (SSSR count). The number of halogens is 3. The first-order valence-electron chi connectivity index (χ1n) is 6.53. The lowest BCUT2D eigenvalue weighted by atomic mass is 10.0. The average molecular weight is 279 g/mol. The lowest BCUT2D eigenvalue weighted by Crippen LogP contribution is -2.21. The third-order valence-corrected chi connectivity index (χ3v) is 3.24. The molecule has 0 aliphatic heterocycles. The Morgan fingerprint density at radius 1 is 1.00 bits per heavy atom. The summed E-state index contributed by atoms with van der Waals surface area (Å²) in [5.41, 5.74) is 0.915. The van der Waals surface area contributed by atoms with E-state index in [4.69, 9.17) is 0 Å². The van der Waals surface area contributed by atoms with E-state index in [2.05, 4.69) is 5.32 Å². The molecule has 1 N–H and O–H groups in total. The van der Waals surface area contributed by atoms with Gasteiger partial charge >= 0.3 is 0 Å². The van der Waals surface area contributed by atoms with Crippen LogP contribution in [-0.4, -0.2) is 0 Å². The highest BCUT2D eigenvalue weighted by molar-refractivity contribution is 5.22. The minimum absolute atomic E-state index is 0.208. The first-order valence-corrected chi connectivity index (χ1v) is 6.53. The number of benzene rings is 2. The van der Waals surface area contributed by atoms with Crippen molar-refractivity contribution in [2.24, 2.45) is 0 Å². The minimum Gasteiger partial charge on any atom is -0.306 e. The smallest absolute Gasteiger partial charge is 0.130 e. The van der Waals surface area contributed by atoms with Crippen LogP contribution in [0.1, 0.15) is 30.5 Å². The van der Waals surface area contributed by atoms with Crippen LogP contribution in [0.4, 0.5) is 13.2 Å². The van der Waals surface area contributed by atoms with Gasteiger partial charge in [-0.3, -0.25) is 0 Å². The Morgan fingerprint density at radius 3 is 2.40 bits per heavy atom. The summed E-state index contributed by atoms with van der Waals surface area (Å²) in [5.74, 6) is -1.49. The van der Waals surface area contributed by atoms with E-state index in [0.29, 0.717) is 17.5 Å². The molecule has 0 saturated carbocycles. The molecule has 4 heteroatoms. The topological polar surface area (TPSA) is 12.0 Å². The molecule has 0 aliphatic rings. The quantitative estimate of drug-likeness (QED) is 0.858. The summed E-state index contributed by atoms with van der Waals surface area (Å²) < 4.78 is 40.1. The van der Waals surface area contributed by atoms with Gasteiger partial charge in [0.05, 0.1) is 0 Å². The summed E-state index contributed by atoms with van der Waals surface area (Å²) in [7, 11) is 0. The number of hydrogen-bond donors (Lipinski definition) is 1. The molecule has 2 aromatic carbocycles. The average Bonchev–Trinajstić information content (AvgIpc) is 2.43. The molecule has 20 heavy (non-hydrogen) atoms. The van der Waals surface area contributed by atoms with Crippen LogP contribution in [0.5, 0.6) is 0 Å². The van der Waals surface area contributed by atoms with Gasteiger partial charge in [-0.2, -0.15) is 0 Å². The molecule has 0 amide bonds. The van der Waals surface area contributed by atoms with Gasteiger partial charge in [0.25, 0.3) is 0 Å². The molecular formula is C16H16F3N. The summed E-state index contributed by atoms with van der Waals surface area (Å²) in [6.45, 7) is 2.14. The minimum atomic E-state index is -0.604. The standard InChI is InChI=1S/C16H16F3N/c1-2-16(13-5-3-4-6-14(13)18)20-10-11-7-8-12(17)9-15(11)19/h3-9,16,20H,2,10H2,1H3. The maximum Gasteiger partial charge on any atom is 0.130 e. The van der Waals surface area contributed by atoms with Crippen LogP contribution in [-0.2, 0) is 6.54 Å². The van der Waals surface area contributed by atoms with Gasteiger partial charge in [0, 0.05) is 29.8 Å². The fourth-order valence-corrected chi connectivity index (χ4v) is 2.13. The van der Waals surface area contributed by atoms with Gasteiger partial charge < -0.3 is 5.32 Å². The normalized spacial score (nSPS) is 12.4. The van der Waals surface area contributed by atoms with Crippen molar-refractivity contribution in [1.82, 2.24) is 5.32 Å². The van der Waals surface area contributed by atoms with Gasteiger partial charge in [-0.25, -0.2) is 13.2 Å². The zero-order chi connectivity index (χ0) is 14.5. The third-order valence-electron chi connectivity index (χ3n) is 3.24. The number of hydrogen-bond acceptors (Lipinski definition) is 1. The molecule has 0 saturated heterocycles. The third kappa shape index (κ3) is 3.39. The van der Waals surface area contributed by atoms with E-state index >= 15 is 0 Å². The molecule has 0 radical (unpaired) electrons. The maximum absolute atomic E-state index is 13.7. The predicted molar refractivity (Wildman–Crippen MR) is 72.6 cm³/mol. The molecule has 0 spiro atoms. The molecule has 2 aromatic rings. The molecule has 0 fully saturated rings. The van der Waals surface area contributed by atoms with E-state index in [9.17, 15) is 13.2 Å². The monoisotopic (exact) mass is 279 g/mol. The summed E-state index contributed by atoms with van der Waals surface area (Å²) in [6.07, 6.45) is 0.670. The lowest BCUT2D eigenvalue weighted by Gasteiger charge is -2.18. The van der Waals surface area contributed by atoms with Crippen LogP contribution >= 0.6 is 0 Å². The largest absolute Gasteiger partial charge is 0.306 e. The van der Waals surface area contributed by atoms with Crippen molar-refractivity contribution in [3.8, 4) is 0 Å². The van der Waals surface area contributed by atoms with Crippen molar-refractivity contribution < 1.29 is 13.2 Å². The van der Waals surface area contributed by atoms with Gasteiger partial charge in [0.1, 0.15) is 17.5 Å². The van der Waals surface area contributed by atoms with Gasteiger partial charge in [-0.15, -0.1) is 0 Å². The Kier molecular flexibility index (Phi) is 4.79. The zero-order valence-electron chi connectivity index (χ0n) is 11.2. The highest BCUT2D eigenvalue weighted by Crippen LogP contribution is 2.20. The second-order valence-electron chi connectivity index (χ2n) is 4.60. The Balaban J connectivity index is 2.10. The first kappa shape index (κ1) is 14.6. The van der Waals surface area contributed by atoms with E-state index in [-0.39, 0.29) is 18.4 Å². The molecule has 1 nitrogen and oxygen atoms in total. The van der Waals surface area contributed by atoms with E-state index in [1.54, 1.807) is 18.2 Å². The van der Waals surface area contributed by atoms with Crippen molar-refractivity contribution in [3.63, 3.8) is 0 Å². The second kappa shape index (κ2) is 6.57. The predicted octanol–water partition coefficient (Wildman–Crippen LogP) is 4.34. The molecule has 1 unspecified atom stereocenters. The zero-order valence-corrected chi connectivity index (χ0v) is 11.2. The Morgan fingerprint density at radius 2 is 1.75 bits per heavy atom. The van der Waals surface area contributed by atoms with Crippen LogP contribution in [0.2, 0.25) is 0 Å². The van der Waals surface area contributed by atoms with Crippen LogP contribution in [0, 0.1) is 17.5 Å². The van der Waals surface area contributed by atoms with Crippen molar-refractivity contribution in [2.75, 3.05) is 0 Å². The second-order valence-corrected chi connectivity index (χ2v) is 4.60. The Labute approximate surface area is 116 Å². The van der Waals surface area contributed by atoms with Crippen LogP contribution in [0.15, 0.2) is 42.5 Å². The van der Waals surface area contributed by atoms with E-state index in [1.165, 1.54) is 18.2 Å². The molecule has 0 aromatic heterocycles. The summed E-state index contributed by atoms with van der Waals surface area (Å²) in [6, 6.07) is 9.75. The van der Waals surface area contributed by atoms with Crippen LogP contribution in [0.3, 0.4) is 0 Å². The van der Waals surface area contributed by atoms with Gasteiger partial charge in [0.2, 0.25) is 0 Å². The molecule has 0 heterocycles. The maximum atomic E-state index is 13.7. The van der Waals surface area contributed by atoms with Crippen LogP contribution in [0.25, 0.3) is 0 Å². The van der Waals surface area contributed by atoms with Crippen molar-refractivity contribution in [3.05, 3.63) is 71.0 Å².